The zero-order valence-corrected chi connectivity index (χ0v) is 14.5. The number of carbonyl (C=O) groups is 2. The van der Waals surface area contributed by atoms with Gasteiger partial charge < -0.3 is 10.1 Å². The van der Waals surface area contributed by atoms with Crippen LogP contribution >= 0.6 is 0 Å². The van der Waals surface area contributed by atoms with Crippen LogP contribution in [0.5, 0.6) is 0 Å². The molecule has 0 aliphatic rings. The van der Waals surface area contributed by atoms with Gasteiger partial charge in [-0.1, -0.05) is 69.3 Å². The van der Waals surface area contributed by atoms with Gasteiger partial charge in [0.25, 0.3) is 5.91 Å². The molecule has 1 atom stereocenters. The van der Waals surface area contributed by atoms with E-state index in [0.29, 0.717) is 5.56 Å². The molecule has 1 amide bonds. The molecule has 2 aromatic carbocycles. The number of benzene rings is 2. The molecule has 0 spiro atoms. The molecule has 2 rings (SSSR count). The summed E-state index contributed by atoms with van der Waals surface area (Å²) in [5, 5.41) is 2.82. The molecule has 0 fully saturated rings. The van der Waals surface area contributed by atoms with Gasteiger partial charge in [-0.2, -0.15) is 0 Å². The summed E-state index contributed by atoms with van der Waals surface area (Å²) in [7, 11) is 1.32. The van der Waals surface area contributed by atoms with Crippen molar-refractivity contribution in [2.24, 2.45) is 5.41 Å². The zero-order chi connectivity index (χ0) is 17.7. The van der Waals surface area contributed by atoms with Gasteiger partial charge in [0.05, 0.1) is 7.11 Å². The maximum atomic E-state index is 12.8. The second kappa shape index (κ2) is 7.30. The molecule has 0 aromatic heterocycles. The van der Waals surface area contributed by atoms with Crippen molar-refractivity contribution >= 4 is 11.9 Å². The summed E-state index contributed by atoms with van der Waals surface area (Å²) in [4.78, 5) is 24.8. The smallest absolute Gasteiger partial charge is 0.328 e. The summed E-state index contributed by atoms with van der Waals surface area (Å²) in [5.74, 6) is -0.743. The van der Waals surface area contributed by atoms with Gasteiger partial charge in [-0.05, 0) is 22.6 Å². The minimum absolute atomic E-state index is 0.292. The third-order valence-corrected chi connectivity index (χ3v) is 3.83. The van der Waals surface area contributed by atoms with Crippen LogP contribution in [0.15, 0.2) is 54.6 Å². The summed E-state index contributed by atoms with van der Waals surface area (Å²) in [6, 6.07) is 16.3. The molecule has 0 saturated carbocycles. The lowest BCUT2D eigenvalue weighted by molar-refractivity contribution is -0.145. The Kier molecular flexibility index (Phi) is 5.39. The summed E-state index contributed by atoms with van der Waals surface area (Å²) in [5.41, 5.74) is 1.85. The first-order chi connectivity index (χ1) is 11.3. The molecular formula is C20H23NO3. The number of carbonyl (C=O) groups excluding carboxylic acids is 2. The van der Waals surface area contributed by atoms with Crippen LogP contribution in [0.2, 0.25) is 0 Å². The Morgan fingerprint density at radius 2 is 1.54 bits per heavy atom. The van der Waals surface area contributed by atoms with Gasteiger partial charge >= 0.3 is 5.97 Å². The van der Waals surface area contributed by atoms with Crippen molar-refractivity contribution in [3.8, 4) is 11.1 Å². The van der Waals surface area contributed by atoms with E-state index in [1.165, 1.54) is 7.11 Å². The Morgan fingerprint density at radius 3 is 2.12 bits per heavy atom. The molecule has 126 valence electrons. The van der Waals surface area contributed by atoms with E-state index in [-0.39, 0.29) is 5.91 Å². The zero-order valence-electron chi connectivity index (χ0n) is 14.5. The summed E-state index contributed by atoms with van der Waals surface area (Å²) in [6.45, 7) is 5.66. The van der Waals surface area contributed by atoms with Gasteiger partial charge in [0.1, 0.15) is 6.04 Å². The van der Waals surface area contributed by atoms with Crippen molar-refractivity contribution in [1.82, 2.24) is 5.32 Å². The third kappa shape index (κ3) is 4.02. The predicted molar refractivity (Wildman–Crippen MR) is 94.6 cm³/mol. The molecule has 0 heterocycles. The van der Waals surface area contributed by atoms with Crippen molar-refractivity contribution in [2.45, 2.75) is 26.8 Å². The molecule has 4 heteroatoms. The van der Waals surface area contributed by atoms with Gasteiger partial charge in [0.2, 0.25) is 0 Å². The van der Waals surface area contributed by atoms with Crippen LogP contribution in [0.25, 0.3) is 11.1 Å². The average molecular weight is 325 g/mol. The van der Waals surface area contributed by atoms with Crippen LogP contribution in [-0.2, 0) is 9.53 Å². The average Bonchev–Trinajstić information content (AvgIpc) is 2.58. The van der Waals surface area contributed by atoms with Gasteiger partial charge in [-0.3, -0.25) is 4.79 Å². The van der Waals surface area contributed by atoms with Crippen LogP contribution < -0.4 is 5.32 Å². The van der Waals surface area contributed by atoms with Crippen molar-refractivity contribution in [1.29, 1.82) is 0 Å². The first-order valence-electron chi connectivity index (χ1n) is 7.87. The molecule has 1 N–H and O–H groups in total. The second-order valence-electron chi connectivity index (χ2n) is 6.71. The lowest BCUT2D eigenvalue weighted by atomic mass is 9.86. The maximum absolute atomic E-state index is 12.8. The predicted octanol–water partition coefficient (Wildman–Crippen LogP) is 3.67. The molecule has 0 bridgehead atoms. The van der Waals surface area contributed by atoms with E-state index in [4.69, 9.17) is 4.74 Å². The Balaban J connectivity index is 2.35. The molecular weight excluding hydrogens is 302 g/mol. The van der Waals surface area contributed by atoms with Gasteiger partial charge in [-0.15, -0.1) is 0 Å². The van der Waals surface area contributed by atoms with Gasteiger partial charge in [0.15, 0.2) is 0 Å². The largest absolute Gasteiger partial charge is 0.467 e. The molecule has 24 heavy (non-hydrogen) atoms. The standard InChI is InChI=1S/C20H23NO3/c1-20(2,3)17(19(23)24-4)21-18(22)16-13-9-8-12-15(16)14-10-6-5-7-11-14/h5-13,17H,1-4H3,(H,21,22). The highest BCUT2D eigenvalue weighted by Gasteiger charge is 2.34. The van der Waals surface area contributed by atoms with Crippen LogP contribution in [0, 0.1) is 5.41 Å². The van der Waals surface area contributed by atoms with Gasteiger partial charge in [0, 0.05) is 5.56 Å². The first kappa shape index (κ1) is 17.7. The fraction of sp³-hybridized carbons (Fsp3) is 0.300. The van der Waals surface area contributed by atoms with E-state index < -0.39 is 17.4 Å². The van der Waals surface area contributed by atoms with E-state index in [9.17, 15) is 9.59 Å². The number of esters is 1. The van der Waals surface area contributed by atoms with E-state index in [0.717, 1.165) is 11.1 Å². The fourth-order valence-corrected chi connectivity index (χ4v) is 2.51. The van der Waals surface area contributed by atoms with E-state index >= 15 is 0 Å². The van der Waals surface area contributed by atoms with Crippen molar-refractivity contribution in [2.75, 3.05) is 7.11 Å². The molecule has 0 radical (unpaired) electrons. The summed E-state index contributed by atoms with van der Waals surface area (Å²) in [6.07, 6.45) is 0. The van der Waals surface area contributed by atoms with Crippen molar-refractivity contribution < 1.29 is 14.3 Å². The quantitative estimate of drug-likeness (QED) is 0.873. The van der Waals surface area contributed by atoms with Crippen LogP contribution in [0.1, 0.15) is 31.1 Å². The molecule has 0 aliphatic heterocycles. The summed E-state index contributed by atoms with van der Waals surface area (Å²) >= 11 is 0. The van der Waals surface area contributed by atoms with E-state index in [2.05, 4.69) is 5.32 Å². The molecule has 0 aliphatic carbocycles. The molecule has 1 unspecified atom stereocenters. The Hall–Kier alpha value is -2.62. The Bertz CT molecular complexity index is 717. The highest BCUT2D eigenvalue weighted by molar-refractivity contribution is 6.02. The van der Waals surface area contributed by atoms with E-state index in [1.807, 2.05) is 69.3 Å². The highest BCUT2D eigenvalue weighted by Crippen LogP contribution is 2.25. The Morgan fingerprint density at radius 1 is 0.958 bits per heavy atom. The number of hydrogen-bond acceptors (Lipinski definition) is 3. The number of ether oxygens (including phenoxy) is 1. The number of hydrogen-bond donors (Lipinski definition) is 1. The first-order valence-corrected chi connectivity index (χ1v) is 7.87. The molecule has 0 saturated heterocycles. The number of methoxy groups -OCH3 is 1. The van der Waals surface area contributed by atoms with E-state index in [1.54, 1.807) is 6.07 Å². The van der Waals surface area contributed by atoms with Gasteiger partial charge in [-0.25, -0.2) is 4.79 Å². The van der Waals surface area contributed by atoms with Crippen LogP contribution in [0.4, 0.5) is 0 Å². The number of nitrogens with one attached hydrogen (secondary N) is 1. The second-order valence-corrected chi connectivity index (χ2v) is 6.71. The molecule has 2 aromatic rings. The SMILES string of the molecule is COC(=O)C(NC(=O)c1ccccc1-c1ccccc1)C(C)(C)C. The Labute approximate surface area is 142 Å². The topological polar surface area (TPSA) is 55.4 Å². The monoisotopic (exact) mass is 325 g/mol. The number of rotatable bonds is 4. The lowest BCUT2D eigenvalue weighted by Crippen LogP contribution is -2.49. The molecule has 4 nitrogen and oxygen atoms in total. The highest BCUT2D eigenvalue weighted by atomic mass is 16.5. The minimum Gasteiger partial charge on any atom is -0.467 e. The minimum atomic E-state index is -0.723. The number of amides is 1. The van der Waals surface area contributed by atoms with Crippen molar-refractivity contribution in [3.63, 3.8) is 0 Å². The fourth-order valence-electron chi connectivity index (χ4n) is 2.51. The summed E-state index contributed by atoms with van der Waals surface area (Å²) < 4.78 is 4.84. The maximum Gasteiger partial charge on any atom is 0.328 e. The van der Waals surface area contributed by atoms with Crippen LogP contribution in [0.3, 0.4) is 0 Å². The normalized spacial score (nSPS) is 12.3. The third-order valence-electron chi connectivity index (χ3n) is 3.83. The van der Waals surface area contributed by atoms with Crippen molar-refractivity contribution in [3.05, 3.63) is 60.2 Å². The van der Waals surface area contributed by atoms with Crippen LogP contribution in [-0.4, -0.2) is 25.0 Å². The lowest BCUT2D eigenvalue weighted by Gasteiger charge is -2.29.